The lowest BCUT2D eigenvalue weighted by molar-refractivity contribution is -0.111. The largest absolute Gasteiger partial charge is 0.497 e. The van der Waals surface area contributed by atoms with E-state index in [4.69, 9.17) is 32.7 Å². The second-order valence-corrected chi connectivity index (χ2v) is 9.23. The molecule has 0 saturated carbocycles. The molecule has 0 aromatic heterocycles. The molecule has 1 fully saturated rings. The van der Waals surface area contributed by atoms with Gasteiger partial charge in [0, 0.05) is 59.8 Å². The van der Waals surface area contributed by atoms with Crippen LogP contribution in [0.5, 0.6) is 11.5 Å². The number of benzene rings is 3. The van der Waals surface area contributed by atoms with E-state index in [1.807, 2.05) is 29.2 Å². The molecule has 0 spiro atoms. The number of anilines is 2. The lowest BCUT2D eigenvalue weighted by Gasteiger charge is -2.36. The molecule has 37 heavy (non-hydrogen) atoms. The van der Waals surface area contributed by atoms with E-state index in [1.54, 1.807) is 49.6 Å². The summed E-state index contributed by atoms with van der Waals surface area (Å²) in [7, 11) is 3.11. The van der Waals surface area contributed by atoms with Gasteiger partial charge in [0.2, 0.25) is 5.91 Å². The van der Waals surface area contributed by atoms with Gasteiger partial charge < -0.3 is 24.6 Å². The highest BCUT2D eigenvalue weighted by atomic mass is 35.5. The number of hydrogen-bond acceptors (Lipinski definition) is 5. The molecule has 1 aliphatic heterocycles. The van der Waals surface area contributed by atoms with Gasteiger partial charge in [0.1, 0.15) is 11.5 Å². The number of methoxy groups -OCH3 is 2. The van der Waals surface area contributed by atoms with Gasteiger partial charge >= 0.3 is 0 Å². The average Bonchev–Trinajstić information content (AvgIpc) is 2.92. The summed E-state index contributed by atoms with van der Waals surface area (Å²) in [6.07, 6.45) is 3.00. The third kappa shape index (κ3) is 6.56. The van der Waals surface area contributed by atoms with Gasteiger partial charge in [-0.2, -0.15) is 0 Å². The van der Waals surface area contributed by atoms with Gasteiger partial charge in [-0.15, -0.1) is 0 Å². The Hall–Kier alpha value is -3.68. The molecular weight excluding hydrogens is 513 g/mol. The first-order chi connectivity index (χ1) is 17.9. The van der Waals surface area contributed by atoms with Crippen molar-refractivity contribution in [2.24, 2.45) is 0 Å². The number of carbonyl (C=O) groups excluding carboxylic acids is 2. The van der Waals surface area contributed by atoms with E-state index >= 15 is 0 Å². The molecule has 0 radical (unpaired) electrons. The van der Waals surface area contributed by atoms with Crippen molar-refractivity contribution in [3.8, 4) is 11.5 Å². The Kier molecular flexibility index (Phi) is 8.58. The van der Waals surface area contributed by atoms with Crippen LogP contribution in [0.4, 0.5) is 11.4 Å². The number of piperazine rings is 1. The fraction of sp³-hybridized carbons (Fsp3) is 0.214. The van der Waals surface area contributed by atoms with E-state index in [-0.39, 0.29) is 11.8 Å². The fourth-order valence-electron chi connectivity index (χ4n) is 4.11. The Bertz CT molecular complexity index is 1290. The minimum Gasteiger partial charge on any atom is -0.497 e. The molecule has 1 heterocycles. The Labute approximate surface area is 226 Å². The molecule has 4 rings (SSSR count). The van der Waals surface area contributed by atoms with E-state index in [2.05, 4.69) is 10.2 Å². The summed E-state index contributed by atoms with van der Waals surface area (Å²) in [5.41, 5.74) is 2.96. The lowest BCUT2D eigenvalue weighted by Crippen LogP contribution is -2.48. The van der Waals surface area contributed by atoms with Crippen LogP contribution in [0.3, 0.4) is 0 Å². The van der Waals surface area contributed by atoms with Gasteiger partial charge in [-0.3, -0.25) is 9.59 Å². The highest BCUT2D eigenvalue weighted by Gasteiger charge is 2.22. The van der Waals surface area contributed by atoms with Crippen LogP contribution in [-0.2, 0) is 4.79 Å². The monoisotopic (exact) mass is 539 g/mol. The van der Waals surface area contributed by atoms with Crippen LogP contribution in [0.2, 0.25) is 10.0 Å². The predicted octanol–water partition coefficient (Wildman–Crippen LogP) is 5.62. The van der Waals surface area contributed by atoms with Crippen molar-refractivity contribution < 1.29 is 19.1 Å². The molecule has 1 N–H and O–H groups in total. The first-order valence-electron chi connectivity index (χ1n) is 11.7. The zero-order valence-corrected chi connectivity index (χ0v) is 22.1. The Balaban J connectivity index is 1.31. The molecule has 0 unspecified atom stereocenters. The smallest absolute Gasteiger partial charge is 0.253 e. The highest BCUT2D eigenvalue weighted by Crippen LogP contribution is 2.33. The summed E-state index contributed by atoms with van der Waals surface area (Å²) < 4.78 is 10.5. The quantitative estimate of drug-likeness (QED) is 0.394. The number of rotatable bonds is 7. The van der Waals surface area contributed by atoms with Crippen molar-refractivity contribution in [1.29, 1.82) is 0 Å². The summed E-state index contributed by atoms with van der Waals surface area (Å²) in [5.74, 6) is 0.899. The summed E-state index contributed by atoms with van der Waals surface area (Å²) >= 11 is 12.2. The molecule has 3 aromatic rings. The third-order valence-corrected chi connectivity index (χ3v) is 6.56. The van der Waals surface area contributed by atoms with Crippen LogP contribution in [-0.4, -0.2) is 57.1 Å². The topological polar surface area (TPSA) is 71.1 Å². The van der Waals surface area contributed by atoms with E-state index in [1.165, 1.54) is 13.2 Å². The molecule has 3 aromatic carbocycles. The van der Waals surface area contributed by atoms with Crippen molar-refractivity contribution in [2.45, 2.75) is 0 Å². The van der Waals surface area contributed by atoms with E-state index in [0.717, 1.165) is 24.5 Å². The van der Waals surface area contributed by atoms with Gasteiger partial charge in [0.25, 0.3) is 5.91 Å². The van der Waals surface area contributed by atoms with Crippen molar-refractivity contribution in [3.05, 3.63) is 87.9 Å². The summed E-state index contributed by atoms with van der Waals surface area (Å²) in [6, 6.07) is 18.0. The normalized spacial score (nSPS) is 13.5. The minimum atomic E-state index is -0.295. The van der Waals surface area contributed by atoms with Crippen LogP contribution < -0.4 is 19.7 Å². The third-order valence-electron chi connectivity index (χ3n) is 6.06. The minimum absolute atomic E-state index is 0.0195. The number of amides is 2. The zero-order chi connectivity index (χ0) is 26.4. The van der Waals surface area contributed by atoms with Gasteiger partial charge in [-0.1, -0.05) is 23.2 Å². The van der Waals surface area contributed by atoms with Crippen LogP contribution in [0.1, 0.15) is 15.9 Å². The first kappa shape index (κ1) is 26.4. The number of halogens is 2. The van der Waals surface area contributed by atoms with Gasteiger partial charge in [-0.05, 0) is 66.7 Å². The maximum absolute atomic E-state index is 12.8. The maximum Gasteiger partial charge on any atom is 0.253 e. The summed E-state index contributed by atoms with van der Waals surface area (Å²) in [5, 5.41) is 3.67. The van der Waals surface area contributed by atoms with Crippen LogP contribution in [0, 0.1) is 0 Å². The molecule has 9 heteroatoms. The van der Waals surface area contributed by atoms with Crippen LogP contribution in [0.25, 0.3) is 6.08 Å². The number of carbonyl (C=O) groups is 2. The number of nitrogens with zero attached hydrogens (tertiary/aromatic N) is 2. The first-order valence-corrected chi connectivity index (χ1v) is 12.4. The molecule has 1 saturated heterocycles. The molecular formula is C28H27Cl2N3O4. The Morgan fingerprint density at radius 2 is 1.57 bits per heavy atom. The average molecular weight is 540 g/mol. The van der Waals surface area contributed by atoms with E-state index < -0.39 is 0 Å². The molecule has 192 valence electrons. The van der Waals surface area contributed by atoms with Gasteiger partial charge in [0.15, 0.2) is 0 Å². The lowest BCUT2D eigenvalue weighted by atomic mass is 10.1. The standard InChI is InChI=1S/C28H27Cl2N3O4/c1-36-24-10-3-19(4-11-24)28(35)33-15-13-32(14-16-33)23-8-6-22(7-9-23)31-26(34)12-5-20-17-21(29)18-25(30)27(20)37-2/h3-12,17-18H,13-16H2,1-2H3,(H,31,34)/b12-5+. The maximum atomic E-state index is 12.8. The zero-order valence-electron chi connectivity index (χ0n) is 20.5. The van der Waals surface area contributed by atoms with Gasteiger partial charge in [0.05, 0.1) is 19.2 Å². The van der Waals surface area contributed by atoms with E-state index in [9.17, 15) is 9.59 Å². The van der Waals surface area contributed by atoms with Gasteiger partial charge in [-0.25, -0.2) is 0 Å². The van der Waals surface area contributed by atoms with Crippen LogP contribution >= 0.6 is 23.2 Å². The SMILES string of the molecule is COc1ccc(C(=O)N2CCN(c3ccc(NC(=O)/C=C/c4cc(Cl)cc(Cl)c4OC)cc3)CC2)cc1. The van der Waals surface area contributed by atoms with Crippen molar-refractivity contribution >= 4 is 52.5 Å². The summed E-state index contributed by atoms with van der Waals surface area (Å²) in [4.78, 5) is 29.3. The van der Waals surface area contributed by atoms with Crippen molar-refractivity contribution in [1.82, 2.24) is 4.90 Å². The van der Waals surface area contributed by atoms with Crippen molar-refractivity contribution in [3.63, 3.8) is 0 Å². The molecule has 0 atom stereocenters. The Morgan fingerprint density at radius 1 is 0.892 bits per heavy atom. The van der Waals surface area contributed by atoms with Crippen molar-refractivity contribution in [2.75, 3.05) is 50.6 Å². The highest BCUT2D eigenvalue weighted by molar-refractivity contribution is 6.36. The number of ether oxygens (including phenoxy) is 2. The van der Waals surface area contributed by atoms with Crippen LogP contribution in [0.15, 0.2) is 66.7 Å². The fourth-order valence-corrected chi connectivity index (χ4v) is 4.69. The number of nitrogens with one attached hydrogen (secondary N) is 1. The molecule has 0 aliphatic carbocycles. The second-order valence-electron chi connectivity index (χ2n) is 8.39. The molecule has 2 amide bonds. The molecule has 0 bridgehead atoms. The molecule has 1 aliphatic rings. The summed E-state index contributed by atoms with van der Waals surface area (Å²) in [6.45, 7) is 2.71. The Morgan fingerprint density at radius 3 is 2.19 bits per heavy atom. The number of hydrogen-bond donors (Lipinski definition) is 1. The predicted molar refractivity (Wildman–Crippen MR) is 148 cm³/mol. The van der Waals surface area contributed by atoms with E-state index in [0.29, 0.717) is 45.7 Å². The second kappa shape index (κ2) is 12.0. The molecule has 7 nitrogen and oxygen atoms in total.